The molecule has 7 nitrogen and oxygen atoms in total. The molecule has 0 saturated carbocycles. The van der Waals surface area contributed by atoms with Crippen LogP contribution in [0.4, 0.5) is 0 Å². The lowest BCUT2D eigenvalue weighted by Gasteiger charge is -2.16. The maximum absolute atomic E-state index is 12.4. The van der Waals surface area contributed by atoms with Crippen LogP contribution >= 0.6 is 11.8 Å². The monoisotopic (exact) mass is 359 g/mol. The quantitative estimate of drug-likeness (QED) is 0.784. The molecule has 2 aromatic rings. The van der Waals surface area contributed by atoms with Crippen molar-refractivity contribution in [3.63, 3.8) is 0 Å². The maximum atomic E-state index is 12.4. The third kappa shape index (κ3) is 4.01. The molecule has 25 heavy (non-hydrogen) atoms. The number of carbonyl (C=O) groups excluding carboxylic acids is 2. The van der Waals surface area contributed by atoms with Gasteiger partial charge in [-0.25, -0.2) is 4.98 Å². The number of aromatic nitrogens is 3. The zero-order valence-corrected chi connectivity index (χ0v) is 15.1. The van der Waals surface area contributed by atoms with Crippen LogP contribution in [0.5, 0.6) is 0 Å². The van der Waals surface area contributed by atoms with E-state index in [4.69, 9.17) is 0 Å². The highest BCUT2D eigenvalue weighted by Gasteiger charge is 2.34. The number of nitrogens with zero attached hydrogens (tertiary/aromatic N) is 4. The van der Waals surface area contributed by atoms with Crippen LogP contribution in [0, 0.1) is 5.92 Å². The summed E-state index contributed by atoms with van der Waals surface area (Å²) in [5.41, 5.74) is 1.77. The standard InChI is InChI=1S/C17H21N5O2S/c1-21-14(9-20-17(21)25-2)8-19-16(24)12-7-15(23)22(10-12)11-13-5-3-4-6-18-13/h3-6,9,12H,7-8,10-11H2,1-2H3,(H,19,24). The molecule has 0 aliphatic carbocycles. The molecule has 2 amide bonds. The Hall–Kier alpha value is -2.35. The Morgan fingerprint density at radius 1 is 1.40 bits per heavy atom. The summed E-state index contributed by atoms with van der Waals surface area (Å²) in [6.45, 7) is 1.29. The summed E-state index contributed by atoms with van der Waals surface area (Å²) in [5.74, 6) is -0.413. The van der Waals surface area contributed by atoms with E-state index in [2.05, 4.69) is 15.3 Å². The molecule has 2 aromatic heterocycles. The molecule has 0 spiro atoms. The van der Waals surface area contributed by atoms with E-state index in [-0.39, 0.29) is 24.2 Å². The summed E-state index contributed by atoms with van der Waals surface area (Å²) in [5, 5.41) is 3.83. The molecule has 1 saturated heterocycles. The molecular formula is C17H21N5O2S. The van der Waals surface area contributed by atoms with Gasteiger partial charge in [0.1, 0.15) is 0 Å². The zero-order valence-electron chi connectivity index (χ0n) is 14.3. The minimum absolute atomic E-state index is 0.00370. The van der Waals surface area contributed by atoms with Gasteiger partial charge in [0.2, 0.25) is 11.8 Å². The third-order valence-electron chi connectivity index (χ3n) is 4.33. The van der Waals surface area contributed by atoms with Crippen molar-refractivity contribution in [3.8, 4) is 0 Å². The zero-order chi connectivity index (χ0) is 17.8. The fraction of sp³-hybridized carbons (Fsp3) is 0.412. The third-order valence-corrected chi connectivity index (χ3v) is 5.08. The van der Waals surface area contributed by atoms with Gasteiger partial charge in [-0.1, -0.05) is 17.8 Å². The SMILES string of the molecule is CSc1ncc(CNC(=O)C2CC(=O)N(Cc3ccccn3)C2)n1C. The second kappa shape index (κ2) is 7.69. The van der Waals surface area contributed by atoms with Crippen LogP contribution in [-0.4, -0.2) is 44.0 Å². The molecule has 1 aliphatic heterocycles. The molecule has 3 rings (SSSR count). The molecule has 1 unspecified atom stereocenters. The fourth-order valence-corrected chi connectivity index (χ4v) is 3.44. The van der Waals surface area contributed by atoms with Gasteiger partial charge in [-0.2, -0.15) is 0 Å². The fourth-order valence-electron chi connectivity index (χ4n) is 2.89. The number of carbonyl (C=O) groups is 2. The summed E-state index contributed by atoms with van der Waals surface area (Å²) in [6, 6.07) is 5.61. The van der Waals surface area contributed by atoms with E-state index in [0.717, 1.165) is 16.5 Å². The lowest BCUT2D eigenvalue weighted by atomic mass is 10.1. The highest BCUT2D eigenvalue weighted by molar-refractivity contribution is 7.98. The second-order valence-corrected chi connectivity index (χ2v) is 6.78. The Kier molecular flexibility index (Phi) is 5.37. The average molecular weight is 359 g/mol. The van der Waals surface area contributed by atoms with Gasteiger partial charge in [0.15, 0.2) is 5.16 Å². The van der Waals surface area contributed by atoms with Crippen LogP contribution in [0.1, 0.15) is 17.8 Å². The van der Waals surface area contributed by atoms with Crippen molar-refractivity contribution in [1.29, 1.82) is 0 Å². The largest absolute Gasteiger partial charge is 0.350 e. The number of pyridine rings is 1. The van der Waals surface area contributed by atoms with E-state index in [1.807, 2.05) is 36.1 Å². The van der Waals surface area contributed by atoms with Crippen molar-refractivity contribution < 1.29 is 9.59 Å². The Bertz CT molecular complexity index is 762. The van der Waals surface area contributed by atoms with Gasteiger partial charge >= 0.3 is 0 Å². The molecule has 0 radical (unpaired) electrons. The Labute approximate surface area is 150 Å². The number of amides is 2. The van der Waals surface area contributed by atoms with Crippen molar-refractivity contribution in [1.82, 2.24) is 24.8 Å². The van der Waals surface area contributed by atoms with Gasteiger partial charge in [0, 0.05) is 26.2 Å². The van der Waals surface area contributed by atoms with Crippen molar-refractivity contribution >= 4 is 23.6 Å². The van der Waals surface area contributed by atoms with Crippen molar-refractivity contribution in [2.45, 2.75) is 24.7 Å². The lowest BCUT2D eigenvalue weighted by Crippen LogP contribution is -2.33. The van der Waals surface area contributed by atoms with Gasteiger partial charge in [0.25, 0.3) is 0 Å². The van der Waals surface area contributed by atoms with Crippen molar-refractivity contribution in [3.05, 3.63) is 42.0 Å². The predicted octanol–water partition coefficient (Wildman–Crippen LogP) is 1.20. The second-order valence-electron chi connectivity index (χ2n) is 6.01. The Balaban J connectivity index is 1.54. The number of hydrogen-bond donors (Lipinski definition) is 1. The Morgan fingerprint density at radius 3 is 2.92 bits per heavy atom. The van der Waals surface area contributed by atoms with E-state index in [1.54, 1.807) is 29.1 Å². The minimum atomic E-state index is -0.315. The predicted molar refractivity (Wildman–Crippen MR) is 94.6 cm³/mol. The van der Waals surface area contributed by atoms with Crippen LogP contribution in [0.3, 0.4) is 0 Å². The van der Waals surface area contributed by atoms with Crippen LogP contribution in [0.2, 0.25) is 0 Å². The first-order chi connectivity index (χ1) is 12.1. The van der Waals surface area contributed by atoms with E-state index in [0.29, 0.717) is 19.6 Å². The number of imidazole rings is 1. The van der Waals surface area contributed by atoms with Gasteiger partial charge in [-0.05, 0) is 18.4 Å². The van der Waals surface area contributed by atoms with Crippen LogP contribution < -0.4 is 5.32 Å². The molecular weight excluding hydrogens is 338 g/mol. The van der Waals surface area contributed by atoms with Crippen molar-refractivity contribution in [2.75, 3.05) is 12.8 Å². The number of thioether (sulfide) groups is 1. The highest BCUT2D eigenvalue weighted by Crippen LogP contribution is 2.20. The molecule has 0 bridgehead atoms. The van der Waals surface area contributed by atoms with Crippen LogP contribution in [0.25, 0.3) is 0 Å². The molecule has 3 heterocycles. The highest BCUT2D eigenvalue weighted by atomic mass is 32.2. The summed E-state index contributed by atoms with van der Waals surface area (Å²) >= 11 is 1.56. The molecule has 0 aromatic carbocycles. The molecule has 8 heteroatoms. The molecule has 1 atom stereocenters. The summed E-state index contributed by atoms with van der Waals surface area (Å²) in [6.07, 6.45) is 5.68. The van der Waals surface area contributed by atoms with Crippen molar-refractivity contribution in [2.24, 2.45) is 13.0 Å². The lowest BCUT2D eigenvalue weighted by molar-refractivity contribution is -0.129. The van der Waals surface area contributed by atoms with Gasteiger partial charge in [0.05, 0.1) is 36.6 Å². The molecule has 1 aliphatic rings. The van der Waals surface area contributed by atoms with E-state index >= 15 is 0 Å². The minimum Gasteiger partial charge on any atom is -0.350 e. The molecule has 132 valence electrons. The molecule has 1 fully saturated rings. The van der Waals surface area contributed by atoms with Crippen LogP contribution in [0.15, 0.2) is 35.7 Å². The first-order valence-corrected chi connectivity index (χ1v) is 9.31. The van der Waals surface area contributed by atoms with Gasteiger partial charge < -0.3 is 14.8 Å². The smallest absolute Gasteiger partial charge is 0.225 e. The summed E-state index contributed by atoms with van der Waals surface area (Å²) in [7, 11) is 1.92. The van der Waals surface area contributed by atoms with Gasteiger partial charge in [-0.3, -0.25) is 14.6 Å². The first kappa shape index (κ1) is 17.5. The number of rotatable bonds is 6. The maximum Gasteiger partial charge on any atom is 0.225 e. The van der Waals surface area contributed by atoms with E-state index in [9.17, 15) is 9.59 Å². The van der Waals surface area contributed by atoms with E-state index < -0.39 is 0 Å². The first-order valence-electron chi connectivity index (χ1n) is 8.08. The Morgan fingerprint density at radius 2 is 2.24 bits per heavy atom. The number of nitrogens with one attached hydrogen (secondary N) is 1. The number of hydrogen-bond acceptors (Lipinski definition) is 5. The normalized spacial score (nSPS) is 17.1. The topological polar surface area (TPSA) is 80.1 Å². The molecule has 1 N–H and O–H groups in total. The average Bonchev–Trinajstić information content (AvgIpc) is 3.16. The van der Waals surface area contributed by atoms with Crippen LogP contribution in [-0.2, 0) is 29.7 Å². The summed E-state index contributed by atoms with van der Waals surface area (Å²) in [4.78, 5) is 34.8. The van der Waals surface area contributed by atoms with E-state index in [1.165, 1.54) is 0 Å². The number of likely N-dealkylation sites (tertiary alicyclic amines) is 1. The van der Waals surface area contributed by atoms with Gasteiger partial charge in [-0.15, -0.1) is 0 Å². The summed E-state index contributed by atoms with van der Waals surface area (Å²) < 4.78 is 1.96.